The molecule has 0 aliphatic carbocycles. The molecule has 2 aliphatic heterocycles. The molecule has 1 fully saturated rings. The predicted octanol–water partition coefficient (Wildman–Crippen LogP) is 3.59. The summed E-state index contributed by atoms with van der Waals surface area (Å²) in [6.45, 7) is 2.39. The van der Waals surface area contributed by atoms with Gasteiger partial charge in [-0.3, -0.25) is 4.79 Å². The van der Waals surface area contributed by atoms with Crippen LogP contribution >= 0.6 is 0 Å². The second-order valence-corrected chi connectivity index (χ2v) is 9.81. The van der Waals surface area contributed by atoms with Crippen LogP contribution in [0.5, 0.6) is 11.5 Å². The molecule has 0 bridgehead atoms. The van der Waals surface area contributed by atoms with Gasteiger partial charge in [-0.15, -0.1) is 0 Å². The van der Waals surface area contributed by atoms with Crippen molar-refractivity contribution >= 4 is 21.6 Å². The molecule has 2 aromatic carbocycles. The summed E-state index contributed by atoms with van der Waals surface area (Å²) in [6.07, 6.45) is 4.56. The number of rotatable bonds is 6. The van der Waals surface area contributed by atoms with Gasteiger partial charge in [-0.2, -0.15) is 4.31 Å². The molecule has 4 rings (SSSR count). The van der Waals surface area contributed by atoms with Crippen LogP contribution in [-0.4, -0.2) is 44.9 Å². The molecule has 7 nitrogen and oxygen atoms in total. The molecule has 2 aliphatic rings. The van der Waals surface area contributed by atoms with Crippen LogP contribution in [-0.2, 0) is 21.2 Å². The maximum Gasteiger partial charge on any atom is 0.243 e. The van der Waals surface area contributed by atoms with Crippen molar-refractivity contribution < 1.29 is 22.7 Å². The largest absolute Gasteiger partial charge is 0.490 e. The number of ether oxygens (including phenoxy) is 2. The first-order chi connectivity index (χ1) is 15.0. The minimum absolute atomic E-state index is 0.112. The van der Waals surface area contributed by atoms with Gasteiger partial charge >= 0.3 is 0 Å². The molecular formula is C23H28N2O5S. The fourth-order valence-corrected chi connectivity index (χ4v) is 5.32. The van der Waals surface area contributed by atoms with Crippen LogP contribution in [0.4, 0.5) is 5.69 Å². The number of hydrogen-bond acceptors (Lipinski definition) is 5. The molecular weight excluding hydrogens is 416 g/mol. The van der Waals surface area contributed by atoms with Crippen molar-refractivity contribution in [3.05, 3.63) is 48.0 Å². The van der Waals surface area contributed by atoms with Gasteiger partial charge in [-0.1, -0.05) is 18.6 Å². The van der Waals surface area contributed by atoms with Crippen molar-refractivity contribution in [2.75, 3.05) is 31.6 Å². The zero-order valence-electron chi connectivity index (χ0n) is 17.5. The highest BCUT2D eigenvalue weighted by Gasteiger charge is 2.25. The molecule has 2 heterocycles. The molecule has 1 N–H and O–H groups in total. The lowest BCUT2D eigenvalue weighted by molar-refractivity contribution is -0.116. The van der Waals surface area contributed by atoms with Crippen molar-refractivity contribution in [1.82, 2.24) is 4.31 Å². The van der Waals surface area contributed by atoms with Crippen molar-refractivity contribution in [2.45, 2.75) is 43.4 Å². The average molecular weight is 445 g/mol. The number of amides is 1. The lowest BCUT2D eigenvalue weighted by atomic mass is 10.1. The Labute approximate surface area is 183 Å². The monoisotopic (exact) mass is 444 g/mol. The Morgan fingerprint density at radius 2 is 1.61 bits per heavy atom. The number of carbonyl (C=O) groups is 1. The van der Waals surface area contributed by atoms with Crippen LogP contribution in [0, 0.1) is 0 Å². The van der Waals surface area contributed by atoms with Gasteiger partial charge in [-0.25, -0.2) is 8.42 Å². The third-order valence-electron chi connectivity index (χ3n) is 5.55. The zero-order chi connectivity index (χ0) is 21.7. The van der Waals surface area contributed by atoms with E-state index in [1.54, 1.807) is 46.8 Å². The van der Waals surface area contributed by atoms with E-state index < -0.39 is 10.0 Å². The molecule has 0 saturated carbocycles. The van der Waals surface area contributed by atoms with Crippen LogP contribution in [0.2, 0.25) is 0 Å². The van der Waals surface area contributed by atoms with E-state index in [1.807, 2.05) is 0 Å². The van der Waals surface area contributed by atoms with E-state index >= 15 is 0 Å². The van der Waals surface area contributed by atoms with Gasteiger partial charge in [-0.05, 0) is 49.1 Å². The van der Waals surface area contributed by atoms with Crippen molar-refractivity contribution in [2.24, 2.45) is 0 Å². The summed E-state index contributed by atoms with van der Waals surface area (Å²) in [6, 6.07) is 12.2. The van der Waals surface area contributed by atoms with E-state index in [2.05, 4.69) is 5.32 Å². The van der Waals surface area contributed by atoms with Crippen LogP contribution in [0.3, 0.4) is 0 Å². The second kappa shape index (κ2) is 9.70. The second-order valence-electron chi connectivity index (χ2n) is 7.87. The standard InChI is InChI=1S/C23H28N2O5S/c26-23(24-19-8-11-21-22(17-19)30-16-4-15-29-21)12-7-18-5-9-20(10-6-18)31(27,28)25-13-2-1-3-14-25/h5-6,8-11,17H,1-4,7,12-16H2,(H,24,26). The van der Waals surface area contributed by atoms with Crippen molar-refractivity contribution in [3.8, 4) is 11.5 Å². The summed E-state index contributed by atoms with van der Waals surface area (Å²) in [4.78, 5) is 12.7. The van der Waals surface area contributed by atoms with Gasteiger partial charge in [0.15, 0.2) is 11.5 Å². The molecule has 0 unspecified atom stereocenters. The van der Waals surface area contributed by atoms with E-state index in [-0.39, 0.29) is 5.91 Å². The van der Waals surface area contributed by atoms with Gasteiger partial charge in [0, 0.05) is 37.7 Å². The normalized spacial score (nSPS) is 17.0. The fraction of sp³-hybridized carbons (Fsp3) is 0.435. The van der Waals surface area contributed by atoms with Crippen LogP contribution in [0.15, 0.2) is 47.4 Å². The summed E-state index contributed by atoms with van der Waals surface area (Å²) in [5, 5.41) is 2.88. The first-order valence-electron chi connectivity index (χ1n) is 10.8. The van der Waals surface area contributed by atoms with Gasteiger partial charge in [0.25, 0.3) is 0 Å². The number of fused-ring (bicyclic) bond motifs is 1. The van der Waals surface area contributed by atoms with Gasteiger partial charge in [0.2, 0.25) is 15.9 Å². The van der Waals surface area contributed by atoms with Gasteiger partial charge in [0.1, 0.15) is 0 Å². The Balaban J connectivity index is 1.32. The molecule has 166 valence electrons. The first-order valence-corrected chi connectivity index (χ1v) is 12.2. The molecule has 31 heavy (non-hydrogen) atoms. The lowest BCUT2D eigenvalue weighted by Crippen LogP contribution is -2.35. The summed E-state index contributed by atoms with van der Waals surface area (Å²) in [5.74, 6) is 1.22. The SMILES string of the molecule is O=C(CCc1ccc(S(=O)(=O)N2CCCCC2)cc1)Nc1ccc2c(c1)OCCCO2. The zero-order valence-corrected chi connectivity index (χ0v) is 18.3. The molecule has 2 aromatic rings. The smallest absolute Gasteiger partial charge is 0.243 e. The average Bonchev–Trinajstić information content (AvgIpc) is 3.04. The summed E-state index contributed by atoms with van der Waals surface area (Å²) < 4.78 is 38.3. The summed E-state index contributed by atoms with van der Waals surface area (Å²) in [5.41, 5.74) is 1.59. The molecule has 1 amide bonds. The van der Waals surface area contributed by atoms with Crippen molar-refractivity contribution in [1.29, 1.82) is 0 Å². The van der Waals surface area contributed by atoms with Crippen LogP contribution in [0.1, 0.15) is 37.7 Å². The minimum Gasteiger partial charge on any atom is -0.490 e. The third kappa shape index (κ3) is 5.37. The molecule has 8 heteroatoms. The quantitative estimate of drug-likeness (QED) is 0.736. The molecule has 0 aromatic heterocycles. The van der Waals surface area contributed by atoms with Crippen molar-refractivity contribution in [3.63, 3.8) is 0 Å². The predicted molar refractivity (Wildman–Crippen MR) is 118 cm³/mol. The highest BCUT2D eigenvalue weighted by atomic mass is 32.2. The fourth-order valence-electron chi connectivity index (χ4n) is 3.80. The number of carbonyl (C=O) groups excluding carboxylic acids is 1. The number of anilines is 1. The van der Waals surface area contributed by atoms with Crippen LogP contribution in [0.25, 0.3) is 0 Å². The lowest BCUT2D eigenvalue weighted by Gasteiger charge is -2.25. The Bertz CT molecular complexity index is 1010. The van der Waals surface area contributed by atoms with Gasteiger partial charge < -0.3 is 14.8 Å². The maximum atomic E-state index is 12.7. The van der Waals surface area contributed by atoms with E-state index in [4.69, 9.17) is 9.47 Å². The Kier molecular flexibility index (Phi) is 6.77. The Morgan fingerprint density at radius 3 is 2.35 bits per heavy atom. The highest BCUT2D eigenvalue weighted by molar-refractivity contribution is 7.89. The minimum atomic E-state index is -3.43. The Hall–Kier alpha value is -2.58. The number of hydrogen-bond donors (Lipinski definition) is 1. The first kappa shape index (κ1) is 21.6. The van der Waals surface area contributed by atoms with E-state index in [9.17, 15) is 13.2 Å². The van der Waals surface area contributed by atoms with E-state index in [0.717, 1.165) is 31.2 Å². The van der Waals surface area contributed by atoms with E-state index in [1.165, 1.54) is 0 Å². The number of piperidine rings is 1. The molecule has 0 radical (unpaired) electrons. The molecule has 1 saturated heterocycles. The molecule has 0 spiro atoms. The summed E-state index contributed by atoms with van der Waals surface area (Å²) >= 11 is 0. The number of sulfonamides is 1. The number of nitrogens with zero attached hydrogens (tertiary/aromatic N) is 1. The highest BCUT2D eigenvalue weighted by Crippen LogP contribution is 2.32. The third-order valence-corrected chi connectivity index (χ3v) is 7.46. The topological polar surface area (TPSA) is 84.9 Å². The number of aryl methyl sites for hydroxylation is 1. The number of nitrogens with one attached hydrogen (secondary N) is 1. The molecule has 0 atom stereocenters. The maximum absolute atomic E-state index is 12.7. The van der Waals surface area contributed by atoms with Gasteiger partial charge in [0.05, 0.1) is 18.1 Å². The Morgan fingerprint density at radius 1 is 0.903 bits per heavy atom. The summed E-state index contributed by atoms with van der Waals surface area (Å²) in [7, 11) is -3.43. The van der Waals surface area contributed by atoms with E-state index in [0.29, 0.717) is 61.2 Å². The van der Waals surface area contributed by atoms with Crippen LogP contribution < -0.4 is 14.8 Å². The number of benzene rings is 2.